The molecule has 0 aromatic heterocycles. The van der Waals surface area contributed by atoms with Crippen LogP contribution >= 0.6 is 23.2 Å². The molecule has 0 aliphatic carbocycles. The summed E-state index contributed by atoms with van der Waals surface area (Å²) in [6.45, 7) is 14.1. The number of amides is 1. The standard InChI is InChI=1S/C23H35Cl2NO4Si/c1-7-18(27)16(2)17-11-12-19(22(25)21(17)24)30-15-20(28)26-14-10-8-9-13-23(3,4)31(5,6)29/h11-12,29H,2,7-10,13-15H2,1,3-6H3,(H,26,28). The number of hydrogen-bond donors (Lipinski definition) is 2. The first-order valence-electron chi connectivity index (χ1n) is 10.6. The fourth-order valence-electron chi connectivity index (χ4n) is 2.84. The fraction of sp³-hybridized carbons (Fsp3) is 0.565. The zero-order valence-corrected chi connectivity index (χ0v) is 21.8. The van der Waals surface area contributed by atoms with Crippen molar-refractivity contribution in [3.63, 3.8) is 0 Å². The summed E-state index contributed by atoms with van der Waals surface area (Å²) in [5.74, 6) is -0.0804. The molecule has 31 heavy (non-hydrogen) atoms. The number of ether oxygens (including phenoxy) is 1. The van der Waals surface area contributed by atoms with Crippen LogP contribution in [0.1, 0.15) is 58.4 Å². The molecule has 1 aromatic carbocycles. The highest BCUT2D eigenvalue weighted by Gasteiger charge is 2.37. The van der Waals surface area contributed by atoms with Gasteiger partial charge in [-0.1, -0.05) is 63.4 Å². The van der Waals surface area contributed by atoms with Crippen molar-refractivity contribution in [1.82, 2.24) is 5.32 Å². The third-order valence-corrected chi connectivity index (χ3v) is 10.3. The summed E-state index contributed by atoms with van der Waals surface area (Å²) in [5.41, 5.74) is 0.762. The Bertz CT molecular complexity index is 804. The van der Waals surface area contributed by atoms with Crippen molar-refractivity contribution in [3.05, 3.63) is 34.3 Å². The van der Waals surface area contributed by atoms with E-state index in [1.807, 2.05) is 13.1 Å². The van der Waals surface area contributed by atoms with Crippen LogP contribution in [0.25, 0.3) is 5.57 Å². The first-order valence-corrected chi connectivity index (χ1v) is 14.3. The molecular weight excluding hydrogens is 453 g/mol. The molecule has 1 aromatic rings. The molecule has 0 fully saturated rings. The number of carbonyl (C=O) groups is 2. The van der Waals surface area contributed by atoms with E-state index in [9.17, 15) is 14.4 Å². The lowest BCUT2D eigenvalue weighted by Crippen LogP contribution is -2.38. The van der Waals surface area contributed by atoms with Crippen LogP contribution in [-0.4, -0.2) is 38.0 Å². The van der Waals surface area contributed by atoms with E-state index in [-0.39, 0.29) is 39.1 Å². The highest BCUT2D eigenvalue weighted by molar-refractivity contribution is 6.72. The van der Waals surface area contributed by atoms with Gasteiger partial charge in [-0.25, -0.2) is 0 Å². The molecule has 8 heteroatoms. The van der Waals surface area contributed by atoms with Crippen molar-refractivity contribution >= 4 is 48.8 Å². The summed E-state index contributed by atoms with van der Waals surface area (Å²) in [6, 6.07) is 3.20. The molecule has 0 unspecified atom stereocenters. The van der Waals surface area contributed by atoms with Gasteiger partial charge in [0, 0.05) is 24.1 Å². The number of unbranched alkanes of at least 4 members (excludes halogenated alkanes) is 2. The minimum atomic E-state index is -2.17. The SMILES string of the molecule is C=C(C(=O)CC)c1ccc(OCC(=O)NCCCCCC(C)(C)[Si](C)(C)O)c(Cl)c1Cl. The van der Waals surface area contributed by atoms with Crippen LogP contribution in [0.3, 0.4) is 0 Å². The van der Waals surface area contributed by atoms with Crippen molar-refractivity contribution in [2.75, 3.05) is 13.2 Å². The lowest BCUT2D eigenvalue weighted by atomic mass is 10.0. The fourth-order valence-corrected chi connectivity index (χ4v) is 4.11. The van der Waals surface area contributed by atoms with Crippen molar-refractivity contribution in [2.24, 2.45) is 0 Å². The second kappa shape index (κ2) is 12.0. The number of rotatable bonds is 13. The number of halogens is 2. The Kier molecular flexibility index (Phi) is 10.8. The van der Waals surface area contributed by atoms with Gasteiger partial charge < -0.3 is 14.8 Å². The normalized spacial score (nSPS) is 11.9. The van der Waals surface area contributed by atoms with Gasteiger partial charge in [-0.3, -0.25) is 9.59 Å². The quantitative estimate of drug-likeness (QED) is 0.202. The summed E-state index contributed by atoms with van der Waals surface area (Å²) in [5, 5.41) is 3.14. The molecule has 1 rings (SSSR count). The maximum atomic E-state index is 12.0. The highest BCUT2D eigenvalue weighted by Crippen LogP contribution is 2.40. The van der Waals surface area contributed by atoms with E-state index in [0.717, 1.165) is 25.7 Å². The Morgan fingerprint density at radius 2 is 1.81 bits per heavy atom. The van der Waals surface area contributed by atoms with Gasteiger partial charge >= 0.3 is 0 Å². The van der Waals surface area contributed by atoms with Crippen LogP contribution in [0.2, 0.25) is 28.2 Å². The van der Waals surface area contributed by atoms with Crippen LogP contribution in [0.4, 0.5) is 0 Å². The minimum Gasteiger partial charge on any atom is -0.482 e. The van der Waals surface area contributed by atoms with Gasteiger partial charge in [-0.05, 0) is 43.1 Å². The van der Waals surface area contributed by atoms with Crippen LogP contribution in [-0.2, 0) is 9.59 Å². The molecular formula is C23H35Cl2NO4Si. The Balaban J connectivity index is 2.42. The predicted octanol–water partition coefficient (Wildman–Crippen LogP) is 6.02. The largest absolute Gasteiger partial charge is 0.482 e. The van der Waals surface area contributed by atoms with E-state index in [4.69, 9.17) is 27.9 Å². The highest BCUT2D eigenvalue weighted by atomic mass is 35.5. The van der Waals surface area contributed by atoms with E-state index in [0.29, 0.717) is 24.1 Å². The number of benzene rings is 1. The van der Waals surface area contributed by atoms with Gasteiger partial charge in [0.1, 0.15) is 10.8 Å². The number of allylic oxidation sites excluding steroid dienone is 1. The summed E-state index contributed by atoms with van der Waals surface area (Å²) >= 11 is 12.5. The van der Waals surface area contributed by atoms with Crippen LogP contribution in [0, 0.1) is 0 Å². The molecule has 0 aliphatic rings. The Morgan fingerprint density at radius 3 is 2.39 bits per heavy atom. The van der Waals surface area contributed by atoms with Gasteiger partial charge in [-0.2, -0.15) is 0 Å². The third-order valence-electron chi connectivity index (χ3n) is 5.85. The molecule has 0 atom stereocenters. The third kappa shape index (κ3) is 8.26. The zero-order chi connectivity index (χ0) is 23.8. The van der Waals surface area contributed by atoms with Crippen LogP contribution in [0.15, 0.2) is 18.7 Å². The molecule has 0 aliphatic heterocycles. The van der Waals surface area contributed by atoms with Crippen LogP contribution in [0.5, 0.6) is 5.75 Å². The number of ketones is 1. The molecule has 0 spiro atoms. The van der Waals surface area contributed by atoms with Gasteiger partial charge in [0.05, 0.1) is 5.02 Å². The summed E-state index contributed by atoms with van der Waals surface area (Å²) in [6.07, 6.45) is 4.17. The summed E-state index contributed by atoms with van der Waals surface area (Å²) < 4.78 is 5.50. The summed E-state index contributed by atoms with van der Waals surface area (Å²) in [4.78, 5) is 34.2. The average Bonchev–Trinajstić information content (AvgIpc) is 2.69. The maximum Gasteiger partial charge on any atom is 0.257 e. The van der Waals surface area contributed by atoms with E-state index < -0.39 is 8.32 Å². The van der Waals surface area contributed by atoms with Crippen molar-refractivity contribution < 1.29 is 19.1 Å². The molecule has 2 N–H and O–H groups in total. The molecule has 0 radical (unpaired) electrons. The molecule has 1 amide bonds. The van der Waals surface area contributed by atoms with Gasteiger partial charge in [0.25, 0.3) is 5.91 Å². The predicted molar refractivity (Wildman–Crippen MR) is 132 cm³/mol. The van der Waals surface area contributed by atoms with Crippen molar-refractivity contribution in [2.45, 2.75) is 71.0 Å². The van der Waals surface area contributed by atoms with E-state index in [1.165, 1.54) is 0 Å². The number of nitrogens with one attached hydrogen (secondary N) is 1. The first-order chi connectivity index (χ1) is 14.3. The van der Waals surface area contributed by atoms with Gasteiger partial charge in [0.2, 0.25) is 0 Å². The maximum absolute atomic E-state index is 12.0. The van der Waals surface area contributed by atoms with Crippen LogP contribution < -0.4 is 10.1 Å². The number of Topliss-reactive ketones (excluding diaryl/α,β-unsaturated/α-hetero) is 1. The Hall–Kier alpha value is -1.34. The van der Waals surface area contributed by atoms with Gasteiger partial charge in [-0.15, -0.1) is 0 Å². The Morgan fingerprint density at radius 1 is 1.16 bits per heavy atom. The van der Waals surface area contributed by atoms with E-state index in [1.54, 1.807) is 19.1 Å². The second-order valence-corrected chi connectivity index (χ2v) is 14.1. The first kappa shape index (κ1) is 27.7. The number of carbonyl (C=O) groups excluding carboxylic acids is 2. The van der Waals surface area contributed by atoms with Crippen molar-refractivity contribution in [3.8, 4) is 5.75 Å². The van der Waals surface area contributed by atoms with E-state index >= 15 is 0 Å². The molecule has 5 nitrogen and oxygen atoms in total. The lowest BCUT2D eigenvalue weighted by Gasteiger charge is -2.35. The Labute approximate surface area is 197 Å². The van der Waals surface area contributed by atoms with Gasteiger partial charge in [0.15, 0.2) is 20.7 Å². The summed E-state index contributed by atoms with van der Waals surface area (Å²) in [7, 11) is -2.17. The molecule has 174 valence electrons. The molecule has 0 heterocycles. The zero-order valence-electron chi connectivity index (χ0n) is 19.2. The minimum absolute atomic E-state index is 0.0175. The topological polar surface area (TPSA) is 75.6 Å². The smallest absolute Gasteiger partial charge is 0.257 e. The average molecular weight is 489 g/mol. The molecule has 0 saturated carbocycles. The second-order valence-electron chi connectivity index (χ2n) is 8.89. The van der Waals surface area contributed by atoms with E-state index in [2.05, 4.69) is 25.7 Å². The monoisotopic (exact) mass is 487 g/mol. The lowest BCUT2D eigenvalue weighted by molar-refractivity contribution is -0.123. The number of hydrogen-bond acceptors (Lipinski definition) is 4. The molecule has 0 saturated heterocycles. The molecule has 0 bridgehead atoms. The van der Waals surface area contributed by atoms with Crippen molar-refractivity contribution in [1.29, 1.82) is 0 Å².